The number of morpholine rings is 1. The minimum Gasteiger partial charge on any atom is -0.443 e. The van der Waals surface area contributed by atoms with E-state index in [9.17, 15) is 4.79 Å². The van der Waals surface area contributed by atoms with E-state index in [1.165, 1.54) is 0 Å². The van der Waals surface area contributed by atoms with Crippen molar-refractivity contribution < 1.29 is 13.9 Å². The van der Waals surface area contributed by atoms with E-state index < -0.39 is 0 Å². The number of aliphatic imine (C=N–C) groups is 1. The van der Waals surface area contributed by atoms with Crippen molar-refractivity contribution in [2.45, 2.75) is 45.6 Å². The van der Waals surface area contributed by atoms with Crippen LogP contribution in [-0.2, 0) is 21.5 Å². The van der Waals surface area contributed by atoms with Crippen LogP contribution in [0.15, 0.2) is 15.6 Å². The van der Waals surface area contributed by atoms with Gasteiger partial charge in [0.15, 0.2) is 5.96 Å². The molecule has 0 radical (unpaired) electrons. The molecule has 2 saturated heterocycles. The average Bonchev–Trinajstić information content (AvgIpc) is 3.19. The normalized spacial score (nSPS) is 19.8. The smallest absolute Gasteiger partial charge is 0.225 e. The third-order valence-electron chi connectivity index (χ3n) is 5.37. The molecule has 3 rings (SSSR count). The zero-order chi connectivity index (χ0) is 20.1. The number of nitrogens with zero attached hydrogens (tertiary/aromatic N) is 4. The van der Waals surface area contributed by atoms with E-state index in [-0.39, 0.29) is 17.2 Å². The fourth-order valence-electron chi connectivity index (χ4n) is 3.61. The number of aromatic nitrogens is 1. The second kappa shape index (κ2) is 8.94. The van der Waals surface area contributed by atoms with Gasteiger partial charge in [0, 0.05) is 44.6 Å². The minimum absolute atomic E-state index is 0.0537. The molecule has 0 saturated carbocycles. The summed E-state index contributed by atoms with van der Waals surface area (Å²) >= 11 is 0. The van der Waals surface area contributed by atoms with E-state index in [0.29, 0.717) is 25.6 Å². The van der Waals surface area contributed by atoms with Gasteiger partial charge in [-0.3, -0.25) is 9.79 Å². The standard InChI is InChI=1S/C20H33N5O3/c1-20(2,3)16-13-22-17(28-16)14-23-19(21-4)25-7-5-15(6-8-25)18(26)24-9-11-27-12-10-24/h13,15H,5-12,14H2,1-4H3,(H,21,23). The molecule has 0 bridgehead atoms. The van der Waals surface area contributed by atoms with Crippen LogP contribution in [0.2, 0.25) is 0 Å². The van der Waals surface area contributed by atoms with Crippen molar-refractivity contribution in [2.75, 3.05) is 46.4 Å². The summed E-state index contributed by atoms with van der Waals surface area (Å²) in [5.41, 5.74) is -0.0537. The van der Waals surface area contributed by atoms with Crippen molar-refractivity contribution in [1.29, 1.82) is 0 Å². The highest BCUT2D eigenvalue weighted by Gasteiger charge is 2.30. The fraction of sp³-hybridized carbons (Fsp3) is 0.750. The first-order chi connectivity index (χ1) is 13.4. The fourth-order valence-corrected chi connectivity index (χ4v) is 3.61. The van der Waals surface area contributed by atoms with Gasteiger partial charge in [0.1, 0.15) is 5.76 Å². The van der Waals surface area contributed by atoms with Gasteiger partial charge in [-0.2, -0.15) is 0 Å². The zero-order valence-corrected chi connectivity index (χ0v) is 17.5. The lowest BCUT2D eigenvalue weighted by Gasteiger charge is -2.36. The number of hydrogen-bond acceptors (Lipinski definition) is 5. The number of ether oxygens (including phenoxy) is 1. The van der Waals surface area contributed by atoms with Crippen molar-refractivity contribution in [3.8, 4) is 0 Å². The lowest BCUT2D eigenvalue weighted by molar-refractivity contribution is -0.140. The number of piperidine rings is 1. The highest BCUT2D eigenvalue weighted by molar-refractivity contribution is 5.81. The highest BCUT2D eigenvalue weighted by atomic mass is 16.5. The van der Waals surface area contributed by atoms with Crippen LogP contribution in [0.1, 0.15) is 45.3 Å². The molecule has 1 aromatic heterocycles. The van der Waals surface area contributed by atoms with Crippen molar-refractivity contribution >= 4 is 11.9 Å². The van der Waals surface area contributed by atoms with E-state index in [1.54, 1.807) is 13.2 Å². The predicted molar refractivity (Wildman–Crippen MR) is 107 cm³/mol. The van der Waals surface area contributed by atoms with Gasteiger partial charge < -0.3 is 24.3 Å². The van der Waals surface area contributed by atoms with E-state index in [1.807, 2.05) is 4.90 Å². The van der Waals surface area contributed by atoms with Gasteiger partial charge in [0.2, 0.25) is 11.8 Å². The molecule has 156 valence electrons. The second-order valence-electron chi connectivity index (χ2n) is 8.47. The monoisotopic (exact) mass is 391 g/mol. The Labute approximate surface area is 167 Å². The molecule has 0 aromatic carbocycles. The molecule has 2 aliphatic rings. The molecule has 0 unspecified atom stereocenters. The van der Waals surface area contributed by atoms with Crippen LogP contribution in [-0.4, -0.2) is 73.1 Å². The molecule has 1 amide bonds. The van der Waals surface area contributed by atoms with Crippen LogP contribution >= 0.6 is 0 Å². The number of carbonyl (C=O) groups excluding carboxylic acids is 1. The molecule has 2 fully saturated rings. The summed E-state index contributed by atoms with van der Waals surface area (Å²) in [5, 5.41) is 3.34. The number of rotatable bonds is 3. The minimum atomic E-state index is -0.0537. The Morgan fingerprint density at radius 3 is 2.46 bits per heavy atom. The number of guanidine groups is 1. The van der Waals surface area contributed by atoms with E-state index in [2.05, 4.69) is 41.0 Å². The SMILES string of the molecule is CN=C(NCc1ncc(C(C)(C)C)o1)N1CCC(C(=O)N2CCOCC2)CC1. The summed E-state index contributed by atoms with van der Waals surface area (Å²) in [7, 11) is 1.78. The predicted octanol–water partition coefficient (Wildman–Crippen LogP) is 1.62. The summed E-state index contributed by atoms with van der Waals surface area (Å²) in [6, 6.07) is 0. The maximum atomic E-state index is 12.7. The Balaban J connectivity index is 1.48. The Kier molecular flexibility index (Phi) is 6.59. The molecular formula is C20H33N5O3. The van der Waals surface area contributed by atoms with Crippen LogP contribution in [0.25, 0.3) is 0 Å². The van der Waals surface area contributed by atoms with Crippen molar-refractivity contribution in [3.63, 3.8) is 0 Å². The van der Waals surface area contributed by atoms with Gasteiger partial charge in [0.05, 0.1) is 26.0 Å². The maximum Gasteiger partial charge on any atom is 0.225 e. The van der Waals surface area contributed by atoms with E-state index >= 15 is 0 Å². The Morgan fingerprint density at radius 2 is 1.89 bits per heavy atom. The lowest BCUT2D eigenvalue weighted by Crippen LogP contribution is -2.49. The van der Waals surface area contributed by atoms with Gasteiger partial charge in [-0.05, 0) is 12.8 Å². The Bertz CT molecular complexity index is 680. The lowest BCUT2D eigenvalue weighted by atomic mass is 9.94. The topological polar surface area (TPSA) is 83.2 Å². The van der Waals surface area contributed by atoms with Crippen LogP contribution in [0.3, 0.4) is 0 Å². The molecule has 0 spiro atoms. The van der Waals surface area contributed by atoms with Gasteiger partial charge in [-0.15, -0.1) is 0 Å². The third-order valence-corrected chi connectivity index (χ3v) is 5.37. The average molecular weight is 392 g/mol. The van der Waals surface area contributed by atoms with Crippen LogP contribution in [0.4, 0.5) is 0 Å². The van der Waals surface area contributed by atoms with E-state index in [0.717, 1.165) is 50.7 Å². The summed E-state index contributed by atoms with van der Waals surface area (Å²) in [6.07, 6.45) is 3.50. The van der Waals surface area contributed by atoms with Crippen molar-refractivity contribution in [3.05, 3.63) is 17.8 Å². The van der Waals surface area contributed by atoms with Gasteiger partial charge >= 0.3 is 0 Å². The molecule has 1 N–H and O–H groups in total. The van der Waals surface area contributed by atoms with Gasteiger partial charge in [0.25, 0.3) is 0 Å². The summed E-state index contributed by atoms with van der Waals surface area (Å²) in [5.74, 6) is 2.74. The first-order valence-corrected chi connectivity index (χ1v) is 10.2. The Morgan fingerprint density at radius 1 is 1.21 bits per heavy atom. The summed E-state index contributed by atoms with van der Waals surface area (Å²) in [4.78, 5) is 25.6. The van der Waals surface area contributed by atoms with Gasteiger partial charge in [-0.1, -0.05) is 20.8 Å². The molecule has 0 aliphatic carbocycles. The summed E-state index contributed by atoms with van der Waals surface area (Å²) < 4.78 is 11.2. The summed E-state index contributed by atoms with van der Waals surface area (Å²) in [6.45, 7) is 11.2. The number of likely N-dealkylation sites (tertiary alicyclic amines) is 1. The van der Waals surface area contributed by atoms with Crippen LogP contribution in [0.5, 0.6) is 0 Å². The zero-order valence-electron chi connectivity index (χ0n) is 17.5. The van der Waals surface area contributed by atoms with Crippen LogP contribution < -0.4 is 5.32 Å². The number of carbonyl (C=O) groups is 1. The maximum absolute atomic E-state index is 12.7. The molecule has 0 atom stereocenters. The number of nitrogens with one attached hydrogen (secondary N) is 1. The molecule has 1 aromatic rings. The Hall–Kier alpha value is -2.09. The molecule has 2 aliphatic heterocycles. The van der Waals surface area contributed by atoms with Crippen molar-refractivity contribution in [1.82, 2.24) is 20.1 Å². The first kappa shape index (κ1) is 20.6. The van der Waals surface area contributed by atoms with Gasteiger partial charge in [-0.25, -0.2) is 4.98 Å². The quantitative estimate of drug-likeness (QED) is 0.623. The molecule has 8 nitrogen and oxygen atoms in total. The highest BCUT2D eigenvalue weighted by Crippen LogP contribution is 2.23. The van der Waals surface area contributed by atoms with E-state index in [4.69, 9.17) is 9.15 Å². The van der Waals surface area contributed by atoms with Crippen LogP contribution in [0, 0.1) is 5.92 Å². The largest absolute Gasteiger partial charge is 0.443 e. The third kappa shape index (κ3) is 5.04. The molecule has 8 heteroatoms. The number of amides is 1. The number of hydrogen-bond donors (Lipinski definition) is 1. The van der Waals surface area contributed by atoms with Crippen molar-refractivity contribution in [2.24, 2.45) is 10.9 Å². The molecule has 28 heavy (non-hydrogen) atoms. The first-order valence-electron chi connectivity index (χ1n) is 10.2. The molecular weight excluding hydrogens is 358 g/mol. The number of oxazole rings is 1. The molecule has 3 heterocycles. The second-order valence-corrected chi connectivity index (χ2v) is 8.47.